The molecule has 7 heteroatoms. The number of rotatable bonds is 3. The predicted molar refractivity (Wildman–Crippen MR) is 128 cm³/mol. The number of ether oxygens (including phenoxy) is 2. The number of benzene rings is 3. The number of fused-ring (bicyclic) bond motifs is 1. The number of halogens is 2. The summed E-state index contributed by atoms with van der Waals surface area (Å²) in [5.41, 5.74) is 1.74. The lowest BCUT2D eigenvalue weighted by Gasteiger charge is -2.08. The molecule has 5 nitrogen and oxygen atoms in total. The molecule has 3 aromatic carbocycles. The van der Waals surface area contributed by atoms with Gasteiger partial charge in [0.1, 0.15) is 0 Å². The Labute approximate surface area is 194 Å². The Morgan fingerprint density at radius 1 is 1.03 bits per heavy atom. The fourth-order valence-electron chi connectivity index (χ4n) is 2.92. The van der Waals surface area contributed by atoms with Crippen molar-refractivity contribution in [2.24, 2.45) is 4.99 Å². The van der Waals surface area contributed by atoms with Gasteiger partial charge < -0.3 is 9.47 Å². The van der Waals surface area contributed by atoms with Gasteiger partial charge in [-0.1, -0.05) is 30.3 Å². The second kappa shape index (κ2) is 8.23. The van der Waals surface area contributed by atoms with E-state index in [1.807, 2.05) is 54.6 Å². The van der Waals surface area contributed by atoms with E-state index in [2.05, 4.69) is 50.2 Å². The zero-order chi connectivity index (χ0) is 20.5. The third-order valence-corrected chi connectivity index (χ3v) is 5.79. The molecule has 0 saturated heterocycles. The fourth-order valence-corrected chi connectivity index (χ4v) is 4.95. The van der Waals surface area contributed by atoms with E-state index in [4.69, 9.17) is 9.47 Å². The first-order valence-corrected chi connectivity index (χ1v) is 10.8. The summed E-state index contributed by atoms with van der Waals surface area (Å²) in [4.78, 5) is 28.0. The van der Waals surface area contributed by atoms with Gasteiger partial charge in [0.05, 0.1) is 7.14 Å². The summed E-state index contributed by atoms with van der Waals surface area (Å²) in [6.07, 6.45) is 1.66. The van der Waals surface area contributed by atoms with Crippen LogP contribution < -0.4 is 4.74 Å². The summed E-state index contributed by atoms with van der Waals surface area (Å²) in [7, 11) is 0. The molecule has 1 aliphatic rings. The number of esters is 2. The molecule has 1 aliphatic heterocycles. The molecule has 0 radical (unpaired) electrons. The van der Waals surface area contributed by atoms with Crippen LogP contribution in [0.4, 0.5) is 0 Å². The third-order valence-electron chi connectivity index (χ3n) is 4.19. The number of carbonyl (C=O) groups is 2. The van der Waals surface area contributed by atoms with Gasteiger partial charge in [0.2, 0.25) is 5.90 Å². The van der Waals surface area contributed by atoms with E-state index in [9.17, 15) is 9.59 Å². The largest absolute Gasteiger partial charge is 0.424 e. The van der Waals surface area contributed by atoms with Crippen molar-refractivity contribution in [3.8, 4) is 5.75 Å². The lowest BCUT2D eigenvalue weighted by Crippen LogP contribution is -2.05. The molecule has 0 fully saturated rings. The Morgan fingerprint density at radius 3 is 2.41 bits per heavy atom. The van der Waals surface area contributed by atoms with Gasteiger partial charge in [-0.25, -0.2) is 9.79 Å². The number of nitrogens with zero attached hydrogens (tertiary/aromatic N) is 1. The van der Waals surface area contributed by atoms with Crippen molar-refractivity contribution in [2.45, 2.75) is 6.92 Å². The monoisotopic (exact) mass is 609 g/mol. The van der Waals surface area contributed by atoms with Gasteiger partial charge in [0.25, 0.3) is 0 Å². The van der Waals surface area contributed by atoms with E-state index >= 15 is 0 Å². The van der Waals surface area contributed by atoms with Crippen molar-refractivity contribution in [1.29, 1.82) is 0 Å². The Balaban J connectivity index is 1.68. The normalized spacial score (nSPS) is 14.8. The van der Waals surface area contributed by atoms with Gasteiger partial charge in [0, 0.05) is 12.5 Å². The average molecular weight is 609 g/mol. The summed E-state index contributed by atoms with van der Waals surface area (Å²) >= 11 is 4.19. The highest BCUT2D eigenvalue weighted by Gasteiger charge is 2.24. The summed E-state index contributed by atoms with van der Waals surface area (Å²) in [6, 6.07) is 17.4. The second-order valence-corrected chi connectivity index (χ2v) is 8.63. The fraction of sp³-hybridized carbons (Fsp3) is 0.0455. The molecule has 0 aromatic heterocycles. The summed E-state index contributed by atoms with van der Waals surface area (Å²) < 4.78 is 12.2. The van der Waals surface area contributed by atoms with E-state index in [0.717, 1.165) is 29.0 Å². The minimum Gasteiger partial charge on any atom is -0.424 e. The van der Waals surface area contributed by atoms with Crippen LogP contribution >= 0.6 is 45.2 Å². The standard InChI is InChI=1S/C22H13I2NO4/c1-12(26)28-20-17(23)8-13(9-18(20)24)10-19-22(27)29-21(25-19)16-7-6-14-4-2-3-5-15(14)11-16/h2-11H,1H3/b19-10-. The molecular weight excluding hydrogens is 596 g/mol. The molecular formula is C22H13I2NO4. The highest BCUT2D eigenvalue weighted by molar-refractivity contribution is 14.1. The van der Waals surface area contributed by atoms with Crippen molar-refractivity contribution in [3.05, 3.63) is 78.6 Å². The molecule has 0 aliphatic carbocycles. The SMILES string of the molecule is CC(=O)Oc1c(I)cc(/C=C2\N=C(c3ccc4ccccc4c3)OC2=O)cc1I. The van der Waals surface area contributed by atoms with Crippen LogP contribution in [0.15, 0.2) is 65.3 Å². The maximum atomic E-state index is 12.3. The minimum atomic E-state index is -0.498. The first kappa shape index (κ1) is 20.0. The maximum Gasteiger partial charge on any atom is 0.363 e. The van der Waals surface area contributed by atoms with Crippen molar-refractivity contribution < 1.29 is 19.1 Å². The minimum absolute atomic E-state index is 0.222. The van der Waals surface area contributed by atoms with Gasteiger partial charge in [-0.05, 0) is 91.9 Å². The second-order valence-electron chi connectivity index (χ2n) is 6.31. The van der Waals surface area contributed by atoms with E-state index in [1.54, 1.807) is 6.08 Å². The van der Waals surface area contributed by atoms with Gasteiger partial charge in [-0.3, -0.25) is 4.79 Å². The number of aliphatic imine (C=N–C) groups is 1. The van der Waals surface area contributed by atoms with Crippen molar-refractivity contribution in [3.63, 3.8) is 0 Å². The van der Waals surface area contributed by atoms with Crippen LogP contribution in [0.5, 0.6) is 5.75 Å². The highest BCUT2D eigenvalue weighted by Crippen LogP contribution is 2.31. The lowest BCUT2D eigenvalue weighted by atomic mass is 10.1. The molecule has 29 heavy (non-hydrogen) atoms. The average Bonchev–Trinajstić information content (AvgIpc) is 3.04. The zero-order valence-electron chi connectivity index (χ0n) is 15.1. The third kappa shape index (κ3) is 4.35. The van der Waals surface area contributed by atoms with Crippen LogP contribution in [0, 0.1) is 7.14 Å². The maximum absolute atomic E-state index is 12.3. The molecule has 0 amide bonds. The molecule has 0 unspecified atom stereocenters. The summed E-state index contributed by atoms with van der Waals surface area (Å²) in [6.45, 7) is 1.36. The van der Waals surface area contributed by atoms with Gasteiger partial charge in [-0.2, -0.15) is 0 Å². The van der Waals surface area contributed by atoms with E-state index in [1.165, 1.54) is 6.92 Å². The first-order valence-electron chi connectivity index (χ1n) is 8.60. The van der Waals surface area contributed by atoms with Gasteiger partial charge in [-0.15, -0.1) is 0 Å². The first-order chi connectivity index (χ1) is 13.9. The molecule has 0 atom stereocenters. The summed E-state index contributed by atoms with van der Waals surface area (Å²) in [5, 5.41) is 2.15. The van der Waals surface area contributed by atoms with Gasteiger partial charge in [0.15, 0.2) is 11.4 Å². The molecule has 0 saturated carbocycles. The molecule has 3 aromatic rings. The van der Waals surface area contributed by atoms with Crippen LogP contribution in [-0.2, 0) is 14.3 Å². The Hall–Kier alpha value is -2.27. The van der Waals surface area contributed by atoms with E-state index in [-0.39, 0.29) is 17.6 Å². The molecule has 0 spiro atoms. The molecule has 144 valence electrons. The highest BCUT2D eigenvalue weighted by atomic mass is 127. The number of hydrogen-bond donors (Lipinski definition) is 0. The number of carbonyl (C=O) groups excluding carboxylic acids is 2. The van der Waals surface area contributed by atoms with Crippen molar-refractivity contribution >= 4 is 79.9 Å². The van der Waals surface area contributed by atoms with Crippen LogP contribution in [-0.4, -0.2) is 17.8 Å². The smallest absolute Gasteiger partial charge is 0.363 e. The van der Waals surface area contributed by atoms with Crippen molar-refractivity contribution in [2.75, 3.05) is 0 Å². The van der Waals surface area contributed by atoms with E-state index in [0.29, 0.717) is 5.75 Å². The Bertz CT molecular complexity index is 1210. The Morgan fingerprint density at radius 2 is 1.72 bits per heavy atom. The Kier molecular flexibility index (Phi) is 5.68. The van der Waals surface area contributed by atoms with Crippen LogP contribution in [0.25, 0.3) is 16.8 Å². The molecule has 0 bridgehead atoms. The van der Waals surface area contributed by atoms with Crippen molar-refractivity contribution in [1.82, 2.24) is 0 Å². The number of hydrogen-bond acceptors (Lipinski definition) is 5. The molecule has 1 heterocycles. The predicted octanol–water partition coefficient (Wildman–Crippen LogP) is 5.32. The zero-order valence-corrected chi connectivity index (χ0v) is 19.4. The molecule has 4 rings (SSSR count). The van der Waals surface area contributed by atoms with E-state index < -0.39 is 5.97 Å². The quantitative estimate of drug-likeness (QED) is 0.175. The number of cyclic esters (lactones) is 1. The summed E-state index contributed by atoms with van der Waals surface area (Å²) in [5.74, 6) is -0.0821. The molecule has 0 N–H and O–H groups in total. The van der Waals surface area contributed by atoms with Crippen LogP contribution in [0.1, 0.15) is 18.1 Å². The lowest BCUT2D eigenvalue weighted by molar-refractivity contribution is -0.132. The van der Waals surface area contributed by atoms with Gasteiger partial charge >= 0.3 is 11.9 Å². The topological polar surface area (TPSA) is 65.0 Å². The van der Waals surface area contributed by atoms with Crippen LogP contribution in [0.2, 0.25) is 0 Å². The van der Waals surface area contributed by atoms with Crippen LogP contribution in [0.3, 0.4) is 0 Å².